The fraction of sp³-hybridized carbons (Fsp3) is 0.167. The van der Waals surface area contributed by atoms with Gasteiger partial charge in [0.1, 0.15) is 6.61 Å². The van der Waals surface area contributed by atoms with Gasteiger partial charge in [0.05, 0.1) is 12.1 Å². The molecule has 1 N–H and O–H groups in total. The Hall–Kier alpha value is -3.49. The first-order chi connectivity index (χ1) is 15.4. The van der Waals surface area contributed by atoms with Gasteiger partial charge in [-0.25, -0.2) is 9.52 Å². The quantitative estimate of drug-likeness (QED) is 0.559. The van der Waals surface area contributed by atoms with E-state index in [0.29, 0.717) is 11.1 Å². The molecule has 3 aromatic rings. The molecule has 1 heterocycles. The summed E-state index contributed by atoms with van der Waals surface area (Å²) in [6.07, 6.45) is 0.750. The van der Waals surface area contributed by atoms with Crippen molar-refractivity contribution >= 4 is 22.1 Å². The molecule has 4 rings (SSSR count). The lowest BCUT2D eigenvalue weighted by molar-refractivity contribution is -0.118. The van der Waals surface area contributed by atoms with Gasteiger partial charge in [-0.3, -0.25) is 4.79 Å². The summed E-state index contributed by atoms with van der Waals surface area (Å²) < 4.78 is 32.2. The van der Waals surface area contributed by atoms with Crippen molar-refractivity contribution in [2.75, 3.05) is 6.54 Å². The van der Waals surface area contributed by atoms with Crippen molar-refractivity contribution in [3.8, 4) is 0 Å². The zero-order valence-electron chi connectivity index (χ0n) is 17.2. The number of ether oxygens (including phenoxy) is 1. The summed E-state index contributed by atoms with van der Waals surface area (Å²) in [5.74, 6) is -1.02. The van der Waals surface area contributed by atoms with Crippen molar-refractivity contribution in [3.05, 3.63) is 107 Å². The molecule has 0 unspecified atom stereocenters. The number of carbonyl (C=O) groups is 2. The molecule has 0 aliphatic carbocycles. The number of rotatable bonds is 7. The van der Waals surface area contributed by atoms with Crippen LogP contribution in [0.1, 0.15) is 32.6 Å². The fourth-order valence-corrected chi connectivity index (χ4v) is 4.58. The van der Waals surface area contributed by atoms with E-state index < -0.39 is 22.1 Å². The minimum atomic E-state index is -3.78. The maximum atomic E-state index is 12.5. The van der Waals surface area contributed by atoms with Gasteiger partial charge >= 0.3 is 16.2 Å². The van der Waals surface area contributed by atoms with Crippen LogP contribution in [0.2, 0.25) is 0 Å². The predicted molar refractivity (Wildman–Crippen MR) is 119 cm³/mol. The van der Waals surface area contributed by atoms with E-state index in [0.717, 1.165) is 21.9 Å². The Morgan fingerprint density at radius 3 is 2.19 bits per heavy atom. The van der Waals surface area contributed by atoms with Gasteiger partial charge in [-0.1, -0.05) is 66.7 Å². The first-order valence-electron chi connectivity index (χ1n) is 10.1. The monoisotopic (exact) mass is 450 g/mol. The zero-order chi connectivity index (χ0) is 22.6. The van der Waals surface area contributed by atoms with Gasteiger partial charge in [0.2, 0.25) is 5.91 Å². The molecule has 0 bridgehead atoms. The molecule has 32 heavy (non-hydrogen) atoms. The summed E-state index contributed by atoms with van der Waals surface area (Å²) in [5.41, 5.74) is 4.25. The van der Waals surface area contributed by atoms with Gasteiger partial charge in [0.15, 0.2) is 0 Å². The predicted octanol–water partition coefficient (Wildman–Crippen LogP) is 2.81. The highest BCUT2D eigenvalue weighted by molar-refractivity contribution is 7.88. The summed E-state index contributed by atoms with van der Waals surface area (Å²) in [6.45, 7) is -0.0127. The Morgan fingerprint density at radius 1 is 0.875 bits per heavy atom. The first-order valence-corrected chi connectivity index (χ1v) is 11.5. The number of carbonyl (C=O) groups excluding carboxylic acids is 2. The standard InChI is InChI=1S/C24H22N2O5S/c27-23-16-26(32(29,30)25-23)15-19-10-12-20(13-11-19)24(28)31-17-22-9-5-4-8-21(22)14-18-6-2-1-3-7-18/h1-13H,14-17H2,(H,25,27). The van der Waals surface area contributed by atoms with Gasteiger partial charge in [0, 0.05) is 6.54 Å². The van der Waals surface area contributed by atoms with Crippen LogP contribution in [-0.4, -0.2) is 31.1 Å². The fourth-order valence-electron chi connectivity index (χ4n) is 3.49. The molecule has 3 aromatic carbocycles. The summed E-state index contributed by atoms with van der Waals surface area (Å²) in [4.78, 5) is 23.8. The second-order valence-corrected chi connectivity index (χ2v) is 9.17. The van der Waals surface area contributed by atoms with Crippen LogP contribution in [0.25, 0.3) is 0 Å². The average Bonchev–Trinajstić information content (AvgIpc) is 3.05. The molecular formula is C24H22N2O5S. The van der Waals surface area contributed by atoms with Crippen molar-refractivity contribution in [2.45, 2.75) is 19.6 Å². The van der Waals surface area contributed by atoms with Crippen LogP contribution in [0.4, 0.5) is 0 Å². The third-order valence-electron chi connectivity index (χ3n) is 5.17. The maximum Gasteiger partial charge on any atom is 0.338 e. The molecule has 0 saturated carbocycles. The third kappa shape index (κ3) is 5.22. The van der Waals surface area contributed by atoms with Gasteiger partial charge < -0.3 is 4.74 Å². The minimum absolute atomic E-state index is 0.0449. The van der Waals surface area contributed by atoms with E-state index in [1.165, 1.54) is 5.56 Å². The molecule has 1 saturated heterocycles. The second-order valence-electron chi connectivity index (χ2n) is 7.50. The third-order valence-corrected chi connectivity index (χ3v) is 6.59. The largest absolute Gasteiger partial charge is 0.457 e. The molecule has 164 valence electrons. The highest BCUT2D eigenvalue weighted by atomic mass is 32.2. The molecule has 1 aliphatic heterocycles. The van der Waals surface area contributed by atoms with Crippen molar-refractivity contribution in [1.29, 1.82) is 0 Å². The molecule has 0 aromatic heterocycles. The molecular weight excluding hydrogens is 428 g/mol. The average molecular weight is 451 g/mol. The first kappa shape index (κ1) is 21.7. The topological polar surface area (TPSA) is 92.8 Å². The van der Waals surface area contributed by atoms with Gasteiger partial charge in [-0.2, -0.15) is 12.7 Å². The van der Waals surface area contributed by atoms with Crippen molar-refractivity contribution in [2.24, 2.45) is 0 Å². The van der Waals surface area contributed by atoms with Crippen LogP contribution in [0, 0.1) is 0 Å². The van der Waals surface area contributed by atoms with E-state index in [4.69, 9.17) is 4.74 Å². The number of benzene rings is 3. The number of nitrogens with zero attached hydrogens (tertiary/aromatic N) is 1. The van der Waals surface area contributed by atoms with E-state index in [2.05, 4.69) is 12.1 Å². The number of hydrogen-bond acceptors (Lipinski definition) is 5. The molecule has 0 spiro atoms. The van der Waals surface area contributed by atoms with Crippen molar-refractivity contribution in [1.82, 2.24) is 9.03 Å². The Balaban J connectivity index is 1.37. The van der Waals surface area contributed by atoms with E-state index in [-0.39, 0.29) is 19.7 Å². The maximum absolute atomic E-state index is 12.5. The molecule has 1 aliphatic rings. The Bertz CT molecular complexity index is 1220. The Morgan fingerprint density at radius 2 is 1.53 bits per heavy atom. The highest BCUT2D eigenvalue weighted by Gasteiger charge is 2.33. The van der Waals surface area contributed by atoms with E-state index in [1.54, 1.807) is 24.3 Å². The lowest BCUT2D eigenvalue weighted by Gasteiger charge is -2.13. The molecule has 7 nitrogen and oxygen atoms in total. The van der Waals surface area contributed by atoms with Crippen LogP contribution in [0.3, 0.4) is 0 Å². The Labute approximate surface area is 186 Å². The van der Waals surface area contributed by atoms with E-state index in [9.17, 15) is 18.0 Å². The number of amides is 1. The Kier molecular flexibility index (Phi) is 6.34. The van der Waals surface area contributed by atoms with Crippen LogP contribution >= 0.6 is 0 Å². The second kappa shape index (κ2) is 9.33. The highest BCUT2D eigenvalue weighted by Crippen LogP contribution is 2.17. The molecule has 1 amide bonds. The van der Waals surface area contributed by atoms with Crippen LogP contribution in [-0.2, 0) is 39.3 Å². The smallest absolute Gasteiger partial charge is 0.338 e. The number of hydrogen-bond donors (Lipinski definition) is 1. The lowest BCUT2D eigenvalue weighted by Crippen LogP contribution is -2.29. The van der Waals surface area contributed by atoms with Crippen LogP contribution in [0.5, 0.6) is 0 Å². The molecule has 8 heteroatoms. The van der Waals surface area contributed by atoms with Crippen molar-refractivity contribution in [3.63, 3.8) is 0 Å². The minimum Gasteiger partial charge on any atom is -0.457 e. The van der Waals surface area contributed by atoms with Crippen LogP contribution < -0.4 is 4.72 Å². The number of nitrogens with one attached hydrogen (secondary N) is 1. The van der Waals surface area contributed by atoms with Crippen molar-refractivity contribution < 1.29 is 22.7 Å². The summed E-state index contributed by atoms with van der Waals surface area (Å²) in [7, 11) is -3.78. The molecule has 0 atom stereocenters. The zero-order valence-corrected chi connectivity index (χ0v) is 18.0. The summed E-state index contributed by atoms with van der Waals surface area (Å²) >= 11 is 0. The van der Waals surface area contributed by atoms with Gasteiger partial charge in [0.25, 0.3) is 0 Å². The summed E-state index contributed by atoms with van der Waals surface area (Å²) in [5, 5.41) is 0. The molecule has 0 radical (unpaired) electrons. The lowest BCUT2D eigenvalue weighted by atomic mass is 10.0. The van der Waals surface area contributed by atoms with E-state index in [1.807, 2.05) is 47.2 Å². The van der Waals surface area contributed by atoms with E-state index >= 15 is 0 Å². The van der Waals surface area contributed by atoms with Gasteiger partial charge in [-0.05, 0) is 40.8 Å². The number of esters is 1. The molecule has 1 fully saturated rings. The normalized spacial score (nSPS) is 15.3. The van der Waals surface area contributed by atoms with Crippen LogP contribution in [0.15, 0.2) is 78.9 Å². The SMILES string of the molecule is O=C1CN(Cc2ccc(C(=O)OCc3ccccc3Cc3ccccc3)cc2)S(=O)(=O)N1. The van der Waals surface area contributed by atoms with Gasteiger partial charge in [-0.15, -0.1) is 0 Å². The summed E-state index contributed by atoms with van der Waals surface area (Å²) in [6, 6.07) is 24.4.